The highest BCUT2D eigenvalue weighted by Gasteiger charge is 2.28. The van der Waals surface area contributed by atoms with Crippen molar-refractivity contribution >= 4 is 39.9 Å². The highest BCUT2D eigenvalue weighted by Crippen LogP contribution is 2.27. The van der Waals surface area contributed by atoms with E-state index in [1.165, 1.54) is 12.1 Å². The Morgan fingerprint density at radius 3 is 2.36 bits per heavy atom. The van der Waals surface area contributed by atoms with Crippen LogP contribution in [0.5, 0.6) is 11.6 Å². The molecule has 1 saturated heterocycles. The van der Waals surface area contributed by atoms with Crippen molar-refractivity contribution in [3.63, 3.8) is 0 Å². The number of hydrogen-bond donors (Lipinski definition) is 3. The average molecular weight is 666 g/mol. The molecule has 3 amide bonds. The molecule has 4 N–H and O–H groups in total. The van der Waals surface area contributed by atoms with Gasteiger partial charge in [0.05, 0.1) is 16.1 Å². The first kappa shape index (κ1) is 35.7. The van der Waals surface area contributed by atoms with Crippen LogP contribution in [0.4, 0.5) is 19.3 Å². The number of nitrogens with two attached hydrogens (primary N) is 1. The highest BCUT2D eigenvalue weighted by molar-refractivity contribution is 7.90. The Hall–Kier alpha value is -3.81. The largest absolute Gasteiger partial charge is 0.439 e. The Bertz CT molecular complexity index is 1570. The number of nitrogens with one attached hydrogen (secondary N) is 2. The normalized spacial score (nSPS) is 14.7. The molecule has 45 heavy (non-hydrogen) atoms. The van der Waals surface area contributed by atoms with E-state index in [4.69, 9.17) is 10.5 Å². The maximum Gasteiger partial charge on any atom is 0.319 e. The first-order valence-electron chi connectivity index (χ1n) is 14.4. The van der Waals surface area contributed by atoms with E-state index in [1.54, 1.807) is 24.4 Å². The van der Waals surface area contributed by atoms with Crippen LogP contribution in [0, 0.1) is 17.6 Å². The number of nitrogens with zero attached hydrogens (tertiary/aromatic N) is 2. The molecule has 2 aromatic carbocycles. The van der Waals surface area contributed by atoms with Gasteiger partial charge in [0, 0.05) is 37.2 Å². The monoisotopic (exact) mass is 665 g/mol. The van der Waals surface area contributed by atoms with E-state index in [9.17, 15) is 26.8 Å². The van der Waals surface area contributed by atoms with Crippen molar-refractivity contribution in [2.24, 2.45) is 11.7 Å². The van der Waals surface area contributed by atoms with Gasteiger partial charge in [-0.2, -0.15) is 0 Å². The lowest BCUT2D eigenvalue weighted by Crippen LogP contribution is -2.46. The van der Waals surface area contributed by atoms with E-state index in [0.29, 0.717) is 24.2 Å². The summed E-state index contributed by atoms with van der Waals surface area (Å²) >= 11 is 0. The number of pyridine rings is 1. The summed E-state index contributed by atoms with van der Waals surface area (Å²) in [7, 11) is -3.28. The smallest absolute Gasteiger partial charge is 0.319 e. The van der Waals surface area contributed by atoms with Crippen molar-refractivity contribution in [2.75, 3.05) is 24.7 Å². The predicted molar refractivity (Wildman–Crippen MR) is 169 cm³/mol. The summed E-state index contributed by atoms with van der Waals surface area (Å²) < 4.78 is 57.1. The Morgan fingerprint density at radius 2 is 1.78 bits per heavy atom. The first-order chi connectivity index (χ1) is 20.9. The molecule has 1 unspecified atom stereocenters. The maximum atomic E-state index is 14.3. The fourth-order valence-corrected chi connectivity index (χ4v) is 5.85. The topological polar surface area (TPSA) is 144 Å². The molecule has 1 aliphatic heterocycles. The molecule has 4 rings (SSSR count). The van der Waals surface area contributed by atoms with Crippen LogP contribution in [0.2, 0.25) is 0 Å². The number of piperidine rings is 1. The number of rotatable bonds is 12. The number of urea groups is 1. The summed E-state index contributed by atoms with van der Waals surface area (Å²) in [4.78, 5) is 31.2. The van der Waals surface area contributed by atoms with Crippen molar-refractivity contribution in [3.05, 3.63) is 77.5 Å². The lowest BCUT2D eigenvalue weighted by atomic mass is 9.86. The van der Waals surface area contributed by atoms with E-state index in [2.05, 4.69) is 27.4 Å². The molecule has 0 bridgehead atoms. The van der Waals surface area contributed by atoms with Crippen molar-refractivity contribution in [1.82, 2.24) is 15.2 Å². The Kier molecular flexibility index (Phi) is 12.6. The summed E-state index contributed by atoms with van der Waals surface area (Å²) in [5.41, 5.74) is 5.34. The number of sulfone groups is 1. The zero-order valence-corrected chi connectivity index (χ0v) is 26.7. The number of benzene rings is 2. The van der Waals surface area contributed by atoms with Crippen molar-refractivity contribution in [1.29, 1.82) is 0 Å². The number of amides is 3. The third kappa shape index (κ3) is 10.1. The van der Waals surface area contributed by atoms with Crippen molar-refractivity contribution < 1.29 is 31.5 Å². The van der Waals surface area contributed by atoms with Gasteiger partial charge in [-0.25, -0.2) is 27.0 Å². The lowest BCUT2D eigenvalue weighted by Gasteiger charge is -2.36. The zero-order valence-electron chi connectivity index (χ0n) is 25.1. The highest BCUT2D eigenvalue weighted by atomic mass is 35.5. The number of hydrogen-bond acceptors (Lipinski definition) is 7. The van der Waals surface area contributed by atoms with Crippen LogP contribution < -0.4 is 21.1 Å². The van der Waals surface area contributed by atoms with Crippen LogP contribution in [-0.4, -0.2) is 55.6 Å². The van der Waals surface area contributed by atoms with Crippen LogP contribution >= 0.6 is 12.4 Å². The number of carbonyl (C=O) groups is 2. The Labute approximate surface area is 268 Å². The number of halogens is 3. The summed E-state index contributed by atoms with van der Waals surface area (Å²) in [5, 5.41) is 5.36. The quantitative estimate of drug-likeness (QED) is 0.226. The SMILES string of the molecule is CCCCC(NC(=O)Nc1cc(C(N)=O)c(F)cc1F)C1CCN(Cc2ccc(Oc3ccc(S(C)(=O)=O)cc3)nc2)CC1.Cl. The van der Waals surface area contributed by atoms with E-state index >= 15 is 0 Å². The van der Waals surface area contributed by atoms with Gasteiger partial charge in [0.25, 0.3) is 5.91 Å². The second-order valence-electron chi connectivity index (χ2n) is 11.0. The maximum absolute atomic E-state index is 14.3. The minimum Gasteiger partial charge on any atom is -0.439 e. The number of primary amides is 1. The molecule has 0 aliphatic carbocycles. The van der Waals surface area contributed by atoms with Crippen LogP contribution in [0.25, 0.3) is 0 Å². The summed E-state index contributed by atoms with van der Waals surface area (Å²) in [6, 6.07) is 10.5. The molecule has 14 heteroatoms. The summed E-state index contributed by atoms with van der Waals surface area (Å²) in [5.74, 6) is -2.05. The molecule has 0 saturated carbocycles. The number of unbranched alkanes of at least 4 members (excludes halogenated alkanes) is 1. The molecular formula is C31H38ClF2N5O5S. The van der Waals surface area contributed by atoms with Gasteiger partial charge in [-0.1, -0.05) is 25.8 Å². The summed E-state index contributed by atoms with van der Waals surface area (Å²) in [6.07, 6.45) is 7.22. The third-order valence-corrected chi connectivity index (χ3v) is 8.76. The molecule has 244 valence electrons. The van der Waals surface area contributed by atoms with Gasteiger partial charge in [-0.05, 0) is 74.2 Å². The van der Waals surface area contributed by atoms with E-state index in [1.807, 2.05) is 6.07 Å². The van der Waals surface area contributed by atoms with E-state index in [-0.39, 0.29) is 34.9 Å². The second-order valence-corrected chi connectivity index (χ2v) is 13.0. The molecule has 10 nitrogen and oxygen atoms in total. The van der Waals surface area contributed by atoms with Crippen LogP contribution in [0.1, 0.15) is 54.9 Å². The fraction of sp³-hybridized carbons (Fsp3) is 0.387. The minimum atomic E-state index is -3.28. The molecule has 1 aliphatic rings. The van der Waals surface area contributed by atoms with E-state index < -0.39 is 39.0 Å². The number of ether oxygens (including phenoxy) is 1. The van der Waals surface area contributed by atoms with E-state index in [0.717, 1.165) is 63.1 Å². The van der Waals surface area contributed by atoms with Gasteiger partial charge < -0.3 is 21.1 Å². The number of carbonyl (C=O) groups excluding carboxylic acids is 2. The number of likely N-dealkylation sites (tertiary alicyclic amines) is 1. The van der Waals surface area contributed by atoms with Gasteiger partial charge in [0.1, 0.15) is 17.4 Å². The van der Waals surface area contributed by atoms with Crippen LogP contribution in [0.15, 0.2) is 59.6 Å². The molecular weight excluding hydrogens is 628 g/mol. The molecule has 0 radical (unpaired) electrons. The van der Waals surface area contributed by atoms with Crippen LogP contribution in [0.3, 0.4) is 0 Å². The summed E-state index contributed by atoms with van der Waals surface area (Å²) in [6.45, 7) is 4.40. The predicted octanol–water partition coefficient (Wildman–Crippen LogP) is 5.67. The Balaban J connectivity index is 0.00000552. The number of aromatic nitrogens is 1. The van der Waals surface area contributed by atoms with Crippen molar-refractivity contribution in [2.45, 2.75) is 56.5 Å². The molecule has 1 aromatic heterocycles. The molecule has 2 heterocycles. The first-order valence-corrected chi connectivity index (χ1v) is 16.3. The molecule has 1 atom stereocenters. The molecule has 1 fully saturated rings. The molecule has 0 spiro atoms. The fourth-order valence-electron chi connectivity index (χ4n) is 5.22. The minimum absolute atomic E-state index is 0. The second kappa shape index (κ2) is 16.0. The molecule has 3 aromatic rings. The van der Waals surface area contributed by atoms with Gasteiger partial charge in [0.2, 0.25) is 5.88 Å². The van der Waals surface area contributed by atoms with Crippen molar-refractivity contribution in [3.8, 4) is 11.6 Å². The lowest BCUT2D eigenvalue weighted by molar-refractivity contribution is 0.0996. The zero-order chi connectivity index (χ0) is 31.9. The van der Waals surface area contributed by atoms with Gasteiger partial charge >= 0.3 is 6.03 Å². The van der Waals surface area contributed by atoms with Gasteiger partial charge in [0.15, 0.2) is 9.84 Å². The Morgan fingerprint density at radius 1 is 1.09 bits per heavy atom. The number of anilines is 1. The average Bonchev–Trinajstić information content (AvgIpc) is 2.98. The van der Waals surface area contributed by atoms with Crippen LogP contribution in [-0.2, 0) is 16.4 Å². The third-order valence-electron chi connectivity index (χ3n) is 7.63. The van der Waals surface area contributed by atoms with Gasteiger partial charge in [-0.3, -0.25) is 9.69 Å². The standard InChI is InChI=1S/C31H37F2N5O5S.ClH/c1-3-4-5-27(36-31(40)37-28-16-24(30(34)39)25(32)17-26(28)33)21-12-14-38(15-13-21)19-20-6-11-29(35-18-20)43-22-7-9-23(10-8-22)44(2,41)42;/h6-11,16-18,21,27H,3-5,12-15,19H2,1-2H3,(H2,34,39)(H2,36,37,40);1H. The van der Waals surface area contributed by atoms with Gasteiger partial charge in [-0.15, -0.1) is 12.4 Å².